The second-order valence-corrected chi connectivity index (χ2v) is 8.21. The first-order chi connectivity index (χ1) is 16.0. The van der Waals surface area contributed by atoms with Crippen molar-refractivity contribution in [2.45, 2.75) is 36.9 Å². The summed E-state index contributed by atoms with van der Waals surface area (Å²) in [7, 11) is 0. The highest BCUT2D eigenvalue weighted by atomic mass is 35.5. The first-order valence-corrected chi connectivity index (χ1v) is 10.8. The van der Waals surface area contributed by atoms with Crippen LogP contribution in [-0.2, 0) is 11.2 Å². The van der Waals surface area contributed by atoms with E-state index in [2.05, 4.69) is 22.0 Å². The topological polar surface area (TPSA) is 116 Å². The fourth-order valence-corrected chi connectivity index (χ4v) is 3.84. The Labute approximate surface area is 196 Å². The number of nitrogens with zero attached hydrogens (tertiary/aromatic N) is 2. The molecular formula is C25H23ClN2O5. The van der Waals surface area contributed by atoms with Crippen LogP contribution in [0.25, 0.3) is 0 Å². The van der Waals surface area contributed by atoms with Gasteiger partial charge in [-0.05, 0) is 47.4 Å². The van der Waals surface area contributed by atoms with Gasteiger partial charge >= 0.3 is 0 Å². The maximum atomic E-state index is 10.4. The van der Waals surface area contributed by atoms with Crippen molar-refractivity contribution in [1.29, 1.82) is 0 Å². The first kappa shape index (κ1) is 23.3. The van der Waals surface area contributed by atoms with Crippen molar-refractivity contribution < 1.29 is 25.2 Å². The van der Waals surface area contributed by atoms with Crippen molar-refractivity contribution >= 4 is 11.6 Å². The smallest absolute Gasteiger partial charge is 0.136 e. The van der Waals surface area contributed by atoms with Crippen LogP contribution in [0.5, 0.6) is 0 Å². The molecular weight excluding hydrogens is 444 g/mol. The predicted octanol–water partition coefficient (Wildman–Crippen LogP) is 1.64. The molecule has 2 heterocycles. The Hall–Kier alpha value is -2.83. The Morgan fingerprint density at radius 1 is 0.879 bits per heavy atom. The summed E-state index contributed by atoms with van der Waals surface area (Å²) in [6.45, 7) is -0.489. The minimum atomic E-state index is -1.45. The van der Waals surface area contributed by atoms with Crippen LogP contribution >= 0.6 is 11.6 Å². The van der Waals surface area contributed by atoms with Crippen LogP contribution < -0.4 is 0 Å². The van der Waals surface area contributed by atoms with Crippen molar-refractivity contribution in [3.05, 3.63) is 93.8 Å². The maximum Gasteiger partial charge on any atom is 0.136 e. The van der Waals surface area contributed by atoms with Gasteiger partial charge in [0.1, 0.15) is 36.2 Å². The first-order valence-electron chi connectivity index (χ1n) is 10.4. The van der Waals surface area contributed by atoms with Gasteiger partial charge in [-0.15, -0.1) is 5.10 Å². The van der Waals surface area contributed by atoms with E-state index in [1.165, 1.54) is 0 Å². The zero-order valence-electron chi connectivity index (χ0n) is 17.5. The number of aliphatic hydroxyl groups excluding tert-OH is 4. The van der Waals surface area contributed by atoms with E-state index < -0.39 is 37.1 Å². The average molecular weight is 467 g/mol. The summed E-state index contributed by atoms with van der Waals surface area (Å²) in [5, 5.41) is 48.8. The molecule has 0 amide bonds. The second-order valence-electron chi connectivity index (χ2n) is 7.80. The van der Waals surface area contributed by atoms with Gasteiger partial charge in [-0.25, -0.2) is 0 Å². The standard InChI is InChI=1S/C25H23ClN2O5/c26-20-11-7-16(25-24(32)23(31)22(30)21(14-29)33-25)12-17(20)13-19-10-9-18(27-28-19)8-6-15-4-2-1-3-5-15/h1-5,7,9-12,21-25,29-32H,13-14H2. The zero-order valence-corrected chi connectivity index (χ0v) is 18.3. The SMILES string of the molecule is OCC1OC(c2ccc(Cl)c(Cc3ccc(C#Cc4ccccc4)nn3)c2)C(O)C(O)C1O. The molecule has 3 aromatic rings. The third-order valence-corrected chi connectivity index (χ3v) is 5.86. The van der Waals surface area contributed by atoms with E-state index in [1.54, 1.807) is 24.3 Å². The van der Waals surface area contributed by atoms with Crippen LogP contribution in [-0.4, -0.2) is 61.6 Å². The van der Waals surface area contributed by atoms with E-state index >= 15 is 0 Å². The molecule has 0 radical (unpaired) electrons. The molecule has 33 heavy (non-hydrogen) atoms. The summed E-state index contributed by atoms with van der Waals surface area (Å²) in [5.41, 5.74) is 3.39. The number of halogens is 1. The molecule has 1 fully saturated rings. The van der Waals surface area contributed by atoms with E-state index in [0.717, 1.165) is 11.1 Å². The molecule has 1 aliphatic heterocycles. The fraction of sp³-hybridized carbons (Fsp3) is 0.280. The minimum absolute atomic E-state index is 0.378. The summed E-state index contributed by atoms with van der Waals surface area (Å²) >= 11 is 6.37. The number of ether oxygens (including phenoxy) is 1. The van der Waals surface area contributed by atoms with Crippen LogP contribution in [0.3, 0.4) is 0 Å². The van der Waals surface area contributed by atoms with Crippen LogP contribution in [0, 0.1) is 11.8 Å². The molecule has 7 nitrogen and oxygen atoms in total. The minimum Gasteiger partial charge on any atom is -0.394 e. The predicted molar refractivity (Wildman–Crippen MR) is 121 cm³/mol. The van der Waals surface area contributed by atoms with Crippen LogP contribution in [0.1, 0.15) is 34.2 Å². The number of hydrogen-bond donors (Lipinski definition) is 4. The highest BCUT2D eigenvalue weighted by Gasteiger charge is 2.44. The van der Waals surface area contributed by atoms with Gasteiger partial charge in [-0.2, -0.15) is 5.10 Å². The van der Waals surface area contributed by atoms with E-state index in [9.17, 15) is 20.4 Å². The van der Waals surface area contributed by atoms with Crippen molar-refractivity contribution in [1.82, 2.24) is 10.2 Å². The summed E-state index contributed by atoms with van der Waals surface area (Å²) in [6, 6.07) is 18.3. The molecule has 0 saturated carbocycles. The Balaban J connectivity index is 1.51. The molecule has 4 N–H and O–H groups in total. The van der Waals surface area contributed by atoms with Crippen molar-refractivity contribution in [2.24, 2.45) is 0 Å². The lowest BCUT2D eigenvalue weighted by Gasteiger charge is -2.40. The normalized spacial score (nSPS) is 24.7. The van der Waals surface area contributed by atoms with E-state index in [1.807, 2.05) is 36.4 Å². The molecule has 1 saturated heterocycles. The summed E-state index contributed by atoms with van der Waals surface area (Å²) in [4.78, 5) is 0. The molecule has 8 heteroatoms. The van der Waals surface area contributed by atoms with Gasteiger partial charge in [0.15, 0.2) is 0 Å². The summed E-state index contributed by atoms with van der Waals surface area (Å²) < 4.78 is 5.64. The molecule has 0 aliphatic carbocycles. The Bertz CT molecular complexity index is 1140. The average Bonchev–Trinajstić information content (AvgIpc) is 2.84. The molecule has 2 aromatic carbocycles. The lowest BCUT2D eigenvalue weighted by Crippen LogP contribution is -2.55. The van der Waals surface area contributed by atoms with E-state index in [0.29, 0.717) is 28.4 Å². The molecule has 0 bridgehead atoms. The zero-order chi connectivity index (χ0) is 23.4. The molecule has 5 unspecified atom stereocenters. The van der Waals surface area contributed by atoms with Gasteiger partial charge in [0, 0.05) is 17.0 Å². The number of benzene rings is 2. The van der Waals surface area contributed by atoms with E-state index in [-0.39, 0.29) is 0 Å². The third kappa shape index (κ3) is 5.40. The largest absolute Gasteiger partial charge is 0.394 e. The lowest BCUT2D eigenvalue weighted by molar-refractivity contribution is -0.231. The van der Waals surface area contributed by atoms with Crippen molar-refractivity contribution in [3.8, 4) is 11.8 Å². The molecule has 1 aliphatic rings. The van der Waals surface area contributed by atoms with E-state index in [4.69, 9.17) is 16.3 Å². The third-order valence-electron chi connectivity index (χ3n) is 5.49. The number of rotatable bonds is 4. The second kappa shape index (κ2) is 10.4. The van der Waals surface area contributed by atoms with Crippen LogP contribution in [0.4, 0.5) is 0 Å². The molecule has 4 rings (SSSR count). The quantitative estimate of drug-likeness (QED) is 0.432. The van der Waals surface area contributed by atoms with Crippen molar-refractivity contribution in [2.75, 3.05) is 6.61 Å². The Morgan fingerprint density at radius 2 is 1.67 bits per heavy atom. The summed E-state index contributed by atoms with van der Waals surface area (Å²) in [5.74, 6) is 6.01. The van der Waals surface area contributed by atoms with Crippen LogP contribution in [0.2, 0.25) is 5.02 Å². The molecule has 170 valence electrons. The van der Waals surface area contributed by atoms with Gasteiger partial charge in [-0.1, -0.05) is 47.9 Å². The number of hydrogen-bond acceptors (Lipinski definition) is 7. The Kier molecular flexibility index (Phi) is 7.36. The van der Waals surface area contributed by atoms with Gasteiger partial charge in [0.05, 0.1) is 12.3 Å². The van der Waals surface area contributed by atoms with Crippen LogP contribution in [0.15, 0.2) is 60.7 Å². The lowest BCUT2D eigenvalue weighted by atomic mass is 9.90. The van der Waals surface area contributed by atoms with Gasteiger partial charge in [0.2, 0.25) is 0 Å². The monoisotopic (exact) mass is 466 g/mol. The summed E-state index contributed by atoms with van der Waals surface area (Å²) in [6.07, 6.45) is -5.76. The molecule has 1 aromatic heterocycles. The molecule has 5 atom stereocenters. The van der Waals surface area contributed by atoms with Gasteiger partial charge < -0.3 is 25.2 Å². The van der Waals surface area contributed by atoms with Gasteiger partial charge in [0.25, 0.3) is 0 Å². The fourth-order valence-electron chi connectivity index (χ4n) is 3.66. The Morgan fingerprint density at radius 3 is 2.36 bits per heavy atom. The highest BCUT2D eigenvalue weighted by Crippen LogP contribution is 2.34. The molecule has 0 spiro atoms. The number of aliphatic hydroxyl groups is 4. The highest BCUT2D eigenvalue weighted by molar-refractivity contribution is 6.31. The number of aromatic nitrogens is 2. The van der Waals surface area contributed by atoms with Gasteiger partial charge in [-0.3, -0.25) is 0 Å². The van der Waals surface area contributed by atoms with Crippen molar-refractivity contribution in [3.63, 3.8) is 0 Å². The maximum absolute atomic E-state index is 10.4.